The van der Waals surface area contributed by atoms with Crippen molar-refractivity contribution in [2.75, 3.05) is 0 Å². The van der Waals surface area contributed by atoms with Crippen LogP contribution in [-0.2, 0) is 11.2 Å². The van der Waals surface area contributed by atoms with Crippen LogP contribution in [0.5, 0.6) is 0 Å². The lowest BCUT2D eigenvalue weighted by Crippen LogP contribution is -2.46. The van der Waals surface area contributed by atoms with Crippen molar-refractivity contribution in [2.24, 2.45) is 5.73 Å². The van der Waals surface area contributed by atoms with Gasteiger partial charge in [-0.05, 0) is 60.1 Å². The van der Waals surface area contributed by atoms with Gasteiger partial charge >= 0.3 is 6.18 Å². The molecule has 21 heavy (non-hydrogen) atoms. The monoisotopic (exact) mass is 414 g/mol. The summed E-state index contributed by atoms with van der Waals surface area (Å²) in [4.78, 5) is 11.6. The summed E-state index contributed by atoms with van der Waals surface area (Å²) in [6.45, 7) is 1.75. The minimum Gasteiger partial charge on any atom is -0.352 e. The fourth-order valence-electron chi connectivity index (χ4n) is 1.80. The average Bonchev–Trinajstić information content (AvgIpc) is 2.36. The second-order valence-electron chi connectivity index (χ2n) is 5.00. The average molecular weight is 414 g/mol. The van der Waals surface area contributed by atoms with Crippen molar-refractivity contribution >= 4 is 28.5 Å². The Kier molecular flexibility index (Phi) is 6.92. The number of rotatable bonds is 6. The third-order valence-electron chi connectivity index (χ3n) is 2.96. The van der Waals surface area contributed by atoms with E-state index in [4.69, 9.17) is 5.73 Å². The summed E-state index contributed by atoms with van der Waals surface area (Å²) in [6.07, 6.45) is -4.35. The Balaban J connectivity index is 2.37. The molecule has 118 valence electrons. The van der Waals surface area contributed by atoms with Gasteiger partial charge in [-0.2, -0.15) is 13.2 Å². The standard InChI is InChI=1S/C14H18F3IN2O/c1-9(2-3-10-4-6-11(18)7-5-10)20-13(21)12(19)8-14(15,16)17/h4-7,9,12H,2-3,8,19H2,1H3,(H,20,21). The van der Waals surface area contributed by atoms with E-state index in [1.807, 2.05) is 24.3 Å². The van der Waals surface area contributed by atoms with E-state index in [2.05, 4.69) is 27.9 Å². The van der Waals surface area contributed by atoms with Crippen molar-refractivity contribution in [1.29, 1.82) is 0 Å². The second-order valence-corrected chi connectivity index (χ2v) is 6.25. The van der Waals surface area contributed by atoms with E-state index in [9.17, 15) is 18.0 Å². The van der Waals surface area contributed by atoms with Gasteiger partial charge in [0, 0.05) is 9.61 Å². The fourth-order valence-corrected chi connectivity index (χ4v) is 2.16. The van der Waals surface area contributed by atoms with Gasteiger partial charge in [0.25, 0.3) is 0 Å². The quantitative estimate of drug-likeness (QED) is 0.704. The van der Waals surface area contributed by atoms with Gasteiger partial charge in [-0.15, -0.1) is 0 Å². The van der Waals surface area contributed by atoms with Gasteiger partial charge in [0.1, 0.15) is 0 Å². The number of amides is 1. The normalized spacial score (nSPS) is 14.6. The maximum absolute atomic E-state index is 12.1. The lowest BCUT2D eigenvalue weighted by atomic mass is 10.1. The second kappa shape index (κ2) is 7.98. The van der Waals surface area contributed by atoms with Crippen molar-refractivity contribution in [1.82, 2.24) is 5.32 Å². The third kappa shape index (κ3) is 7.66. The smallest absolute Gasteiger partial charge is 0.352 e. The molecule has 1 aromatic rings. The maximum Gasteiger partial charge on any atom is 0.391 e. The molecule has 0 aliphatic carbocycles. The van der Waals surface area contributed by atoms with Crippen LogP contribution in [0.3, 0.4) is 0 Å². The molecule has 0 saturated heterocycles. The SMILES string of the molecule is CC(CCc1ccc(I)cc1)NC(=O)C(N)CC(F)(F)F. The number of carbonyl (C=O) groups is 1. The van der Waals surface area contributed by atoms with Gasteiger partial charge in [0.2, 0.25) is 5.91 Å². The molecule has 0 radical (unpaired) electrons. The van der Waals surface area contributed by atoms with E-state index in [0.717, 1.165) is 15.6 Å². The largest absolute Gasteiger partial charge is 0.391 e. The molecule has 1 amide bonds. The van der Waals surface area contributed by atoms with Crippen LogP contribution in [0.15, 0.2) is 24.3 Å². The molecule has 3 nitrogen and oxygen atoms in total. The first-order valence-corrected chi connectivity index (χ1v) is 7.62. The van der Waals surface area contributed by atoms with Crippen molar-refractivity contribution in [3.63, 3.8) is 0 Å². The highest BCUT2D eigenvalue weighted by atomic mass is 127. The van der Waals surface area contributed by atoms with Crippen LogP contribution < -0.4 is 11.1 Å². The first-order valence-electron chi connectivity index (χ1n) is 6.54. The van der Waals surface area contributed by atoms with Crippen molar-refractivity contribution < 1.29 is 18.0 Å². The minimum absolute atomic E-state index is 0.226. The Morgan fingerprint density at radius 1 is 1.33 bits per heavy atom. The van der Waals surface area contributed by atoms with E-state index >= 15 is 0 Å². The zero-order valence-electron chi connectivity index (χ0n) is 11.6. The Morgan fingerprint density at radius 2 is 1.90 bits per heavy atom. The Bertz CT molecular complexity index is 462. The van der Waals surface area contributed by atoms with Crippen LogP contribution in [0.2, 0.25) is 0 Å². The zero-order valence-corrected chi connectivity index (χ0v) is 13.7. The Hall–Kier alpha value is -0.830. The molecule has 0 heterocycles. The molecule has 3 N–H and O–H groups in total. The van der Waals surface area contributed by atoms with Crippen LogP contribution >= 0.6 is 22.6 Å². The highest BCUT2D eigenvalue weighted by Gasteiger charge is 2.33. The summed E-state index contributed by atoms with van der Waals surface area (Å²) in [5, 5.41) is 2.52. The van der Waals surface area contributed by atoms with Crippen LogP contribution in [0.1, 0.15) is 25.3 Å². The summed E-state index contributed by atoms with van der Waals surface area (Å²) in [5.74, 6) is -0.762. The molecular weight excluding hydrogens is 396 g/mol. The van der Waals surface area contributed by atoms with Gasteiger partial charge in [0.15, 0.2) is 0 Å². The summed E-state index contributed by atoms with van der Waals surface area (Å²) in [5.41, 5.74) is 6.36. The number of benzene rings is 1. The highest BCUT2D eigenvalue weighted by Crippen LogP contribution is 2.20. The van der Waals surface area contributed by atoms with Crippen LogP contribution in [0.4, 0.5) is 13.2 Å². The van der Waals surface area contributed by atoms with Crippen molar-refractivity contribution in [2.45, 2.75) is 44.4 Å². The number of nitrogens with two attached hydrogens (primary N) is 1. The number of hydrogen-bond acceptors (Lipinski definition) is 2. The first-order chi connectivity index (χ1) is 9.67. The van der Waals surface area contributed by atoms with Crippen LogP contribution in [0, 0.1) is 3.57 Å². The summed E-state index contributed by atoms with van der Waals surface area (Å²) in [7, 11) is 0. The molecular formula is C14H18F3IN2O. The van der Waals surface area contributed by atoms with E-state index in [-0.39, 0.29) is 6.04 Å². The molecule has 2 unspecified atom stereocenters. The topological polar surface area (TPSA) is 55.1 Å². The number of nitrogens with one attached hydrogen (secondary N) is 1. The van der Waals surface area contributed by atoms with Crippen molar-refractivity contribution in [3.8, 4) is 0 Å². The van der Waals surface area contributed by atoms with E-state index in [1.165, 1.54) is 0 Å². The zero-order chi connectivity index (χ0) is 16.0. The molecule has 2 atom stereocenters. The molecule has 0 aliphatic rings. The lowest BCUT2D eigenvalue weighted by molar-refractivity contribution is -0.147. The summed E-state index contributed by atoms with van der Waals surface area (Å²) in [6, 6.07) is 6.18. The number of alkyl halides is 3. The lowest BCUT2D eigenvalue weighted by Gasteiger charge is -2.18. The maximum atomic E-state index is 12.1. The van der Waals surface area contributed by atoms with E-state index in [1.54, 1.807) is 6.92 Å². The summed E-state index contributed by atoms with van der Waals surface area (Å²) >= 11 is 2.21. The van der Waals surface area contributed by atoms with Gasteiger partial charge in [0.05, 0.1) is 12.5 Å². The third-order valence-corrected chi connectivity index (χ3v) is 3.68. The molecule has 7 heteroatoms. The molecule has 0 saturated carbocycles. The molecule has 0 bridgehead atoms. The molecule has 1 rings (SSSR count). The van der Waals surface area contributed by atoms with Gasteiger partial charge < -0.3 is 11.1 Å². The molecule has 0 fully saturated rings. The minimum atomic E-state index is -4.43. The molecule has 0 spiro atoms. The number of halogens is 4. The predicted molar refractivity (Wildman–Crippen MR) is 83.7 cm³/mol. The van der Waals surface area contributed by atoms with Crippen LogP contribution in [0.25, 0.3) is 0 Å². The van der Waals surface area contributed by atoms with Crippen LogP contribution in [-0.4, -0.2) is 24.2 Å². The molecule has 0 aromatic heterocycles. The van der Waals surface area contributed by atoms with Gasteiger partial charge in [-0.3, -0.25) is 4.79 Å². The Labute approximate surface area is 135 Å². The number of aryl methyl sites for hydroxylation is 1. The van der Waals surface area contributed by atoms with Crippen molar-refractivity contribution in [3.05, 3.63) is 33.4 Å². The molecule has 1 aromatic carbocycles. The Morgan fingerprint density at radius 3 is 2.43 bits per heavy atom. The van der Waals surface area contributed by atoms with Gasteiger partial charge in [-0.1, -0.05) is 12.1 Å². The van der Waals surface area contributed by atoms with Gasteiger partial charge in [-0.25, -0.2) is 0 Å². The van der Waals surface area contributed by atoms with E-state index in [0.29, 0.717) is 6.42 Å². The number of carbonyl (C=O) groups excluding carboxylic acids is 1. The first kappa shape index (κ1) is 18.2. The summed E-state index contributed by atoms with van der Waals surface area (Å²) < 4.78 is 37.6. The molecule has 0 aliphatic heterocycles. The predicted octanol–water partition coefficient (Wildman–Crippen LogP) is 3.01. The fraction of sp³-hybridized carbons (Fsp3) is 0.500. The highest BCUT2D eigenvalue weighted by molar-refractivity contribution is 14.1. The number of hydrogen-bond donors (Lipinski definition) is 2. The van der Waals surface area contributed by atoms with E-state index < -0.39 is 24.5 Å².